The highest BCUT2D eigenvalue weighted by molar-refractivity contribution is 6.59. The number of ether oxygens (including phenoxy) is 2. The summed E-state index contributed by atoms with van der Waals surface area (Å²) in [6.45, 7) is 0. The Kier molecular flexibility index (Phi) is 4.11. The fourth-order valence-corrected chi connectivity index (χ4v) is 5.23. The van der Waals surface area contributed by atoms with Crippen LogP contribution in [0.25, 0.3) is 0 Å². The Bertz CT molecular complexity index is 98.3. The molecule has 1 saturated heterocycles. The number of methoxy groups -OCH3 is 2. The van der Waals surface area contributed by atoms with Crippen LogP contribution in [0.1, 0.15) is 12.8 Å². The molecule has 0 radical (unpaired) electrons. The predicted octanol–water partition coefficient (Wildman–Crippen LogP) is 1.63. The molecule has 0 amide bonds. The first-order valence-corrected chi connectivity index (χ1v) is 6.87. The van der Waals surface area contributed by atoms with E-state index in [1.54, 1.807) is 14.2 Å². The van der Waals surface area contributed by atoms with E-state index in [2.05, 4.69) is 0 Å². The second kappa shape index (κ2) is 4.90. The molecule has 1 aliphatic rings. The molecule has 1 heterocycles. The second-order valence-electron chi connectivity index (χ2n) is 3.29. The lowest BCUT2D eigenvalue weighted by atomic mass is 10.4. The third-order valence-corrected chi connectivity index (χ3v) is 6.03. The molecule has 0 unspecified atom stereocenters. The molecule has 3 heteroatoms. The summed E-state index contributed by atoms with van der Waals surface area (Å²) in [5.74, 6) is 0. The minimum Gasteiger partial charge on any atom is -0.356 e. The Hall–Kier alpha value is 0.137. The molecule has 0 aromatic carbocycles. The SMILES string of the molecule is COC(C[SiH]1CCCC1)OC. The minimum absolute atomic E-state index is 0.0877. The van der Waals surface area contributed by atoms with Gasteiger partial charge in [-0.3, -0.25) is 0 Å². The molecule has 0 saturated carbocycles. The van der Waals surface area contributed by atoms with Crippen LogP contribution in [-0.4, -0.2) is 29.3 Å². The molecule has 0 aromatic heterocycles. The van der Waals surface area contributed by atoms with Crippen molar-refractivity contribution in [3.8, 4) is 0 Å². The smallest absolute Gasteiger partial charge is 0.154 e. The summed E-state index contributed by atoms with van der Waals surface area (Å²) in [5, 5.41) is 0. The van der Waals surface area contributed by atoms with Crippen LogP contribution in [0.15, 0.2) is 0 Å². The summed E-state index contributed by atoms with van der Waals surface area (Å²) in [6.07, 6.45) is 3.00. The lowest BCUT2D eigenvalue weighted by Crippen LogP contribution is -2.20. The van der Waals surface area contributed by atoms with Gasteiger partial charge in [-0.1, -0.05) is 24.9 Å². The molecule has 2 nitrogen and oxygen atoms in total. The van der Waals surface area contributed by atoms with Gasteiger partial charge in [0.15, 0.2) is 6.29 Å². The van der Waals surface area contributed by atoms with Gasteiger partial charge in [-0.25, -0.2) is 0 Å². The van der Waals surface area contributed by atoms with Gasteiger partial charge in [0.2, 0.25) is 0 Å². The Balaban J connectivity index is 2.16. The van der Waals surface area contributed by atoms with Crippen molar-refractivity contribution in [1.29, 1.82) is 0 Å². The topological polar surface area (TPSA) is 18.5 Å². The van der Waals surface area contributed by atoms with Crippen molar-refractivity contribution in [3.05, 3.63) is 0 Å². The maximum atomic E-state index is 5.17. The normalized spacial score (nSPS) is 19.9. The fourth-order valence-electron chi connectivity index (χ4n) is 1.81. The lowest BCUT2D eigenvalue weighted by Gasteiger charge is -2.16. The van der Waals surface area contributed by atoms with E-state index in [4.69, 9.17) is 9.47 Å². The van der Waals surface area contributed by atoms with Gasteiger partial charge >= 0.3 is 0 Å². The molecule has 0 aliphatic carbocycles. The zero-order valence-electron chi connectivity index (χ0n) is 7.51. The molecule has 0 bridgehead atoms. The molecule has 0 N–H and O–H groups in total. The van der Waals surface area contributed by atoms with Gasteiger partial charge in [-0.05, 0) is 6.04 Å². The molecular formula is C8H18O2Si. The number of hydrogen-bond acceptors (Lipinski definition) is 2. The van der Waals surface area contributed by atoms with E-state index in [0.717, 1.165) is 0 Å². The Morgan fingerprint density at radius 2 is 1.73 bits per heavy atom. The second-order valence-corrected chi connectivity index (χ2v) is 6.65. The predicted molar refractivity (Wildman–Crippen MR) is 48.6 cm³/mol. The van der Waals surface area contributed by atoms with Gasteiger partial charge in [0.05, 0.1) is 0 Å². The van der Waals surface area contributed by atoms with Crippen LogP contribution in [0.2, 0.25) is 18.1 Å². The molecule has 11 heavy (non-hydrogen) atoms. The summed E-state index contributed by atoms with van der Waals surface area (Å²) in [4.78, 5) is 0. The van der Waals surface area contributed by atoms with E-state index < -0.39 is 8.80 Å². The number of rotatable bonds is 4. The maximum absolute atomic E-state index is 5.17. The molecule has 1 rings (SSSR count). The van der Waals surface area contributed by atoms with E-state index in [1.807, 2.05) is 0 Å². The van der Waals surface area contributed by atoms with E-state index in [1.165, 1.54) is 31.0 Å². The highest BCUT2D eigenvalue weighted by Gasteiger charge is 2.20. The summed E-state index contributed by atoms with van der Waals surface area (Å²) in [7, 11) is 3.04. The van der Waals surface area contributed by atoms with Crippen LogP contribution in [0.4, 0.5) is 0 Å². The Morgan fingerprint density at radius 3 is 2.18 bits per heavy atom. The number of hydrogen-bond donors (Lipinski definition) is 0. The third kappa shape index (κ3) is 2.93. The molecule has 66 valence electrons. The molecule has 1 fully saturated rings. The fraction of sp³-hybridized carbons (Fsp3) is 1.00. The quantitative estimate of drug-likeness (QED) is 0.476. The van der Waals surface area contributed by atoms with Crippen molar-refractivity contribution in [2.24, 2.45) is 0 Å². The van der Waals surface area contributed by atoms with Gasteiger partial charge in [-0.15, -0.1) is 0 Å². The Morgan fingerprint density at radius 1 is 1.18 bits per heavy atom. The summed E-state index contributed by atoms with van der Waals surface area (Å²) >= 11 is 0. The van der Waals surface area contributed by atoms with Crippen LogP contribution in [-0.2, 0) is 9.47 Å². The van der Waals surface area contributed by atoms with Gasteiger partial charge < -0.3 is 9.47 Å². The van der Waals surface area contributed by atoms with Gasteiger partial charge in [-0.2, -0.15) is 0 Å². The van der Waals surface area contributed by atoms with Gasteiger partial charge in [0.1, 0.15) is 0 Å². The van der Waals surface area contributed by atoms with Crippen molar-refractivity contribution in [2.45, 2.75) is 37.3 Å². The zero-order valence-corrected chi connectivity index (χ0v) is 8.66. The standard InChI is InChI=1S/C8H18O2Si/c1-9-8(10-2)7-11-5-3-4-6-11/h8,11H,3-7H2,1-2H3. The first kappa shape index (κ1) is 9.23. The average Bonchev–Trinajstić information content (AvgIpc) is 2.52. The zero-order chi connectivity index (χ0) is 8.10. The average molecular weight is 174 g/mol. The van der Waals surface area contributed by atoms with E-state index in [-0.39, 0.29) is 6.29 Å². The third-order valence-electron chi connectivity index (χ3n) is 2.53. The van der Waals surface area contributed by atoms with Crippen molar-refractivity contribution >= 4 is 8.80 Å². The van der Waals surface area contributed by atoms with Crippen LogP contribution < -0.4 is 0 Å². The highest BCUT2D eigenvalue weighted by atomic mass is 28.3. The molecule has 0 aromatic rings. The van der Waals surface area contributed by atoms with Gasteiger partial charge in [0.25, 0.3) is 0 Å². The van der Waals surface area contributed by atoms with Crippen LogP contribution in [0.3, 0.4) is 0 Å². The Labute approximate surface area is 70.5 Å². The minimum atomic E-state index is -0.424. The van der Waals surface area contributed by atoms with E-state index >= 15 is 0 Å². The molecule has 1 aliphatic heterocycles. The first-order chi connectivity index (χ1) is 5.36. The van der Waals surface area contributed by atoms with Crippen LogP contribution in [0, 0.1) is 0 Å². The van der Waals surface area contributed by atoms with E-state index in [9.17, 15) is 0 Å². The van der Waals surface area contributed by atoms with Crippen LogP contribution in [0.5, 0.6) is 0 Å². The van der Waals surface area contributed by atoms with Crippen molar-refractivity contribution in [2.75, 3.05) is 14.2 Å². The van der Waals surface area contributed by atoms with Crippen LogP contribution >= 0.6 is 0 Å². The first-order valence-electron chi connectivity index (χ1n) is 4.42. The van der Waals surface area contributed by atoms with Gasteiger partial charge in [0, 0.05) is 23.0 Å². The largest absolute Gasteiger partial charge is 0.356 e. The summed E-state index contributed by atoms with van der Waals surface area (Å²) < 4.78 is 10.3. The lowest BCUT2D eigenvalue weighted by molar-refractivity contribution is -0.0880. The molecule has 0 spiro atoms. The van der Waals surface area contributed by atoms with E-state index in [0.29, 0.717) is 0 Å². The maximum Gasteiger partial charge on any atom is 0.154 e. The molecule has 0 atom stereocenters. The summed E-state index contributed by atoms with van der Waals surface area (Å²) in [6, 6.07) is 4.22. The highest BCUT2D eigenvalue weighted by Crippen LogP contribution is 2.23. The van der Waals surface area contributed by atoms with Crippen molar-refractivity contribution in [3.63, 3.8) is 0 Å². The molecular weight excluding hydrogens is 156 g/mol. The van der Waals surface area contributed by atoms with Crippen molar-refractivity contribution in [1.82, 2.24) is 0 Å². The monoisotopic (exact) mass is 174 g/mol. The van der Waals surface area contributed by atoms with Crippen molar-refractivity contribution < 1.29 is 9.47 Å². The summed E-state index contributed by atoms with van der Waals surface area (Å²) in [5.41, 5.74) is 0.